The van der Waals surface area contributed by atoms with E-state index in [1.165, 1.54) is 10.5 Å². The van der Waals surface area contributed by atoms with E-state index >= 15 is 0 Å². The summed E-state index contributed by atoms with van der Waals surface area (Å²) in [6.07, 6.45) is 2.15. The molecule has 39 heavy (non-hydrogen) atoms. The summed E-state index contributed by atoms with van der Waals surface area (Å²) in [5.74, 6) is 0.262. The minimum absolute atomic E-state index is 0.0267. The molecular formula is C32H42N2O5. The number of carboxylic acid groups (broad SMARTS) is 1. The van der Waals surface area contributed by atoms with Crippen LogP contribution in [0.3, 0.4) is 0 Å². The smallest absolute Gasteiger partial charge is 0.411 e. The lowest BCUT2D eigenvalue weighted by atomic mass is 9.38. The van der Waals surface area contributed by atoms with Gasteiger partial charge < -0.3 is 19.9 Å². The molecule has 7 nitrogen and oxygen atoms in total. The second-order valence-corrected chi connectivity index (χ2v) is 13.0. The van der Waals surface area contributed by atoms with E-state index in [0.29, 0.717) is 12.5 Å². The van der Waals surface area contributed by atoms with Gasteiger partial charge >= 0.3 is 12.1 Å². The molecule has 4 aliphatic rings. The fourth-order valence-corrected chi connectivity index (χ4v) is 7.21. The van der Waals surface area contributed by atoms with Crippen LogP contribution in [0.25, 0.3) is 0 Å². The van der Waals surface area contributed by atoms with Crippen LogP contribution in [-0.4, -0.2) is 47.4 Å². The maximum Gasteiger partial charge on any atom is 0.411 e. The largest absolute Gasteiger partial charge is 0.496 e. The van der Waals surface area contributed by atoms with Crippen molar-refractivity contribution >= 4 is 12.1 Å². The van der Waals surface area contributed by atoms with Crippen molar-refractivity contribution in [3.63, 3.8) is 0 Å². The third-order valence-electron chi connectivity index (χ3n) is 9.08. The molecule has 2 N–H and O–H groups in total. The van der Waals surface area contributed by atoms with E-state index in [1.807, 2.05) is 36.4 Å². The van der Waals surface area contributed by atoms with Gasteiger partial charge in [0.1, 0.15) is 11.8 Å². The Hall–Kier alpha value is -3.06. The Labute approximate surface area is 231 Å². The van der Waals surface area contributed by atoms with E-state index in [-0.39, 0.29) is 28.9 Å². The zero-order valence-corrected chi connectivity index (χ0v) is 23.9. The molecular weight excluding hydrogens is 492 g/mol. The molecule has 7 heteroatoms. The number of benzene rings is 2. The first-order chi connectivity index (χ1) is 18.4. The van der Waals surface area contributed by atoms with Crippen molar-refractivity contribution in [2.45, 2.75) is 90.1 Å². The molecule has 0 unspecified atom stereocenters. The molecule has 1 amide bonds. The molecule has 4 atom stereocenters. The van der Waals surface area contributed by atoms with E-state index < -0.39 is 24.1 Å². The number of carbonyl (C=O) groups excluding carboxylic acids is 1. The maximum absolute atomic E-state index is 13.6. The number of nitrogens with one attached hydrogen (secondary N) is 1. The van der Waals surface area contributed by atoms with Gasteiger partial charge in [0, 0.05) is 24.1 Å². The minimum Gasteiger partial charge on any atom is -0.496 e. The molecule has 1 saturated heterocycles. The van der Waals surface area contributed by atoms with Crippen LogP contribution in [0.4, 0.5) is 4.79 Å². The minimum atomic E-state index is -0.969. The number of carboxylic acids is 1. The number of nitrogens with zero attached hydrogens (tertiary/aromatic N) is 1. The summed E-state index contributed by atoms with van der Waals surface area (Å²) < 4.78 is 11.4. The Morgan fingerprint density at radius 2 is 1.77 bits per heavy atom. The van der Waals surface area contributed by atoms with Crippen molar-refractivity contribution in [2.24, 2.45) is 17.3 Å². The molecule has 0 aromatic heterocycles. The van der Waals surface area contributed by atoms with Crippen molar-refractivity contribution in [3.05, 3.63) is 65.2 Å². The van der Waals surface area contributed by atoms with Crippen LogP contribution in [0.2, 0.25) is 0 Å². The number of amides is 1. The van der Waals surface area contributed by atoms with Gasteiger partial charge in [-0.15, -0.1) is 0 Å². The maximum atomic E-state index is 13.6. The molecule has 2 bridgehead atoms. The molecule has 4 fully saturated rings. The van der Waals surface area contributed by atoms with Crippen LogP contribution in [0.1, 0.15) is 76.6 Å². The van der Waals surface area contributed by atoms with Gasteiger partial charge in [0.05, 0.1) is 19.3 Å². The molecule has 3 saturated carbocycles. The summed E-state index contributed by atoms with van der Waals surface area (Å²) in [6, 6.07) is 14.4. The van der Waals surface area contributed by atoms with Crippen molar-refractivity contribution in [2.75, 3.05) is 7.11 Å². The number of ether oxygens (including phenoxy) is 2. The van der Waals surface area contributed by atoms with Crippen LogP contribution >= 0.6 is 0 Å². The van der Waals surface area contributed by atoms with Crippen LogP contribution in [-0.2, 0) is 21.5 Å². The van der Waals surface area contributed by atoms with E-state index in [0.717, 1.165) is 36.1 Å². The van der Waals surface area contributed by atoms with E-state index in [1.54, 1.807) is 21.0 Å². The topological polar surface area (TPSA) is 88.1 Å². The van der Waals surface area contributed by atoms with Gasteiger partial charge in [-0.1, -0.05) is 63.2 Å². The van der Waals surface area contributed by atoms with Gasteiger partial charge in [-0.05, 0) is 67.1 Å². The quantitative estimate of drug-likeness (QED) is 0.437. The number of hydrogen-bond acceptors (Lipinski definition) is 5. The Kier molecular flexibility index (Phi) is 7.17. The summed E-state index contributed by atoms with van der Waals surface area (Å²) in [7, 11) is 1.67. The van der Waals surface area contributed by atoms with Crippen LogP contribution in [0.5, 0.6) is 5.75 Å². The summed E-state index contributed by atoms with van der Waals surface area (Å²) in [4.78, 5) is 28.1. The molecule has 0 radical (unpaired) electrons. The summed E-state index contributed by atoms with van der Waals surface area (Å²) in [5.41, 5.74) is 3.03. The van der Waals surface area contributed by atoms with Gasteiger partial charge in [-0.3, -0.25) is 4.90 Å². The summed E-state index contributed by atoms with van der Waals surface area (Å²) in [6.45, 7) is 10.6. The first kappa shape index (κ1) is 27.5. The second-order valence-electron chi connectivity index (χ2n) is 13.0. The van der Waals surface area contributed by atoms with Crippen molar-refractivity contribution in [1.82, 2.24) is 10.2 Å². The van der Waals surface area contributed by atoms with Crippen molar-refractivity contribution in [3.8, 4) is 5.75 Å². The highest BCUT2D eigenvalue weighted by Gasteiger charge is 2.69. The fourth-order valence-electron chi connectivity index (χ4n) is 7.21. The summed E-state index contributed by atoms with van der Waals surface area (Å²) >= 11 is 0. The van der Waals surface area contributed by atoms with Crippen molar-refractivity contribution in [1.29, 1.82) is 0 Å². The van der Waals surface area contributed by atoms with Gasteiger partial charge in [0.15, 0.2) is 0 Å². The van der Waals surface area contributed by atoms with Crippen molar-refractivity contribution < 1.29 is 24.2 Å². The number of carbonyl (C=O) groups is 2. The van der Waals surface area contributed by atoms with Crippen LogP contribution < -0.4 is 10.1 Å². The van der Waals surface area contributed by atoms with Crippen LogP contribution in [0, 0.1) is 17.3 Å². The normalized spacial score (nSPS) is 29.5. The Bertz CT molecular complexity index is 1200. The van der Waals surface area contributed by atoms with Crippen LogP contribution in [0.15, 0.2) is 48.5 Å². The lowest BCUT2D eigenvalue weighted by molar-refractivity contribution is -0.174. The van der Waals surface area contributed by atoms with Gasteiger partial charge in [-0.2, -0.15) is 0 Å². The fraction of sp³-hybridized carbons (Fsp3) is 0.562. The third kappa shape index (κ3) is 4.90. The third-order valence-corrected chi connectivity index (χ3v) is 9.08. The average molecular weight is 535 g/mol. The molecule has 2 aromatic carbocycles. The average Bonchev–Trinajstić information content (AvgIpc) is 3.15. The van der Waals surface area contributed by atoms with Gasteiger partial charge in [0.25, 0.3) is 0 Å². The predicted molar refractivity (Wildman–Crippen MR) is 150 cm³/mol. The zero-order valence-electron chi connectivity index (χ0n) is 23.9. The van der Waals surface area contributed by atoms with E-state index in [2.05, 4.69) is 38.2 Å². The standard InChI is InChI=1S/C32H42N2O5/c1-19(2)39-30(37)34-27(21-10-8-7-9-11-21)26(25(28(34)29(35)36)32-15-20(16-32)17-32)33-18-22-14-23(31(3,4)5)12-13-24(22)38-6/h7-14,19-20,25-28,33H,15-18H2,1-6H3,(H,35,36)/t20?,25-,26-,27-,28-,32?/m0/s1. The molecule has 6 rings (SSSR count). The van der Waals surface area contributed by atoms with E-state index in [9.17, 15) is 14.7 Å². The van der Waals surface area contributed by atoms with E-state index in [4.69, 9.17) is 9.47 Å². The van der Waals surface area contributed by atoms with Gasteiger partial charge in [0.2, 0.25) is 0 Å². The number of likely N-dealkylation sites (tertiary alicyclic amines) is 1. The lowest BCUT2D eigenvalue weighted by Gasteiger charge is -2.66. The highest BCUT2D eigenvalue weighted by atomic mass is 16.6. The molecule has 2 aromatic rings. The first-order valence-corrected chi connectivity index (χ1v) is 14.1. The number of methoxy groups -OCH3 is 1. The molecule has 3 aliphatic carbocycles. The zero-order chi connectivity index (χ0) is 28.1. The van der Waals surface area contributed by atoms with Gasteiger partial charge in [-0.25, -0.2) is 9.59 Å². The Balaban J connectivity index is 1.58. The second kappa shape index (κ2) is 10.2. The Morgan fingerprint density at radius 3 is 2.28 bits per heavy atom. The highest BCUT2D eigenvalue weighted by molar-refractivity contribution is 5.82. The number of rotatable bonds is 8. The molecule has 1 heterocycles. The molecule has 1 aliphatic heterocycles. The number of aliphatic carboxylic acids is 1. The first-order valence-electron chi connectivity index (χ1n) is 14.1. The lowest BCUT2D eigenvalue weighted by Crippen LogP contribution is -2.63. The summed E-state index contributed by atoms with van der Waals surface area (Å²) in [5, 5.41) is 14.4. The monoisotopic (exact) mass is 534 g/mol. The Morgan fingerprint density at radius 1 is 1.10 bits per heavy atom. The molecule has 210 valence electrons. The molecule has 0 spiro atoms. The number of hydrogen-bond donors (Lipinski definition) is 2. The SMILES string of the molecule is COc1ccc(C(C)(C)C)cc1CN[C@H]1[C@H](C23CC(C2)C3)[C@@H](C(=O)O)N(C(=O)OC(C)C)[C@H]1c1ccccc1. The highest BCUT2D eigenvalue weighted by Crippen LogP contribution is 2.71. The predicted octanol–water partition coefficient (Wildman–Crippen LogP) is 5.92.